The van der Waals surface area contributed by atoms with Crippen molar-refractivity contribution in [1.82, 2.24) is 9.97 Å². The highest BCUT2D eigenvalue weighted by Gasteiger charge is 2.21. The second-order valence-electron chi connectivity index (χ2n) is 3.31. The van der Waals surface area contributed by atoms with Gasteiger partial charge in [0.1, 0.15) is 11.4 Å². The van der Waals surface area contributed by atoms with E-state index in [0.29, 0.717) is 0 Å². The van der Waals surface area contributed by atoms with E-state index in [1.165, 1.54) is 27.3 Å². The molecule has 8 heteroatoms. The molecule has 0 spiro atoms. The fraction of sp³-hybridized carbons (Fsp3) is 0.364. The van der Waals surface area contributed by atoms with E-state index in [1.54, 1.807) is 0 Å². The highest BCUT2D eigenvalue weighted by molar-refractivity contribution is 8.12. The number of ether oxygens (including phenoxy) is 2. The molecular formula is C11H12N2O5S. The summed E-state index contributed by atoms with van der Waals surface area (Å²) in [5.41, 5.74) is -0.255. The Morgan fingerprint density at radius 2 is 1.84 bits per heavy atom. The zero-order valence-corrected chi connectivity index (χ0v) is 11.4. The standard InChI is InChI=1S/C11H12N2O5S/c1-6(14)19-5-8-12-4-7(10(15)17-2)9(13-8)11(16)18-3/h4H,5H2,1-3H3. The summed E-state index contributed by atoms with van der Waals surface area (Å²) in [7, 11) is 2.36. The zero-order chi connectivity index (χ0) is 14.4. The van der Waals surface area contributed by atoms with Crippen molar-refractivity contribution in [2.75, 3.05) is 14.2 Å². The van der Waals surface area contributed by atoms with Gasteiger partial charge in [-0.25, -0.2) is 19.6 Å². The molecule has 0 saturated heterocycles. The lowest BCUT2D eigenvalue weighted by molar-refractivity contribution is -0.109. The Morgan fingerprint density at radius 1 is 1.21 bits per heavy atom. The van der Waals surface area contributed by atoms with Crippen LogP contribution < -0.4 is 0 Å². The molecule has 0 saturated carbocycles. The quantitative estimate of drug-likeness (QED) is 0.750. The third-order valence-electron chi connectivity index (χ3n) is 2.03. The number of carbonyl (C=O) groups is 3. The number of esters is 2. The first-order valence-corrected chi connectivity index (χ1v) is 6.14. The van der Waals surface area contributed by atoms with Crippen molar-refractivity contribution in [3.63, 3.8) is 0 Å². The van der Waals surface area contributed by atoms with Crippen molar-refractivity contribution in [2.24, 2.45) is 0 Å². The Balaban J connectivity index is 3.11. The maximum absolute atomic E-state index is 11.6. The molecule has 0 aliphatic carbocycles. The lowest BCUT2D eigenvalue weighted by atomic mass is 10.2. The lowest BCUT2D eigenvalue weighted by Crippen LogP contribution is -2.16. The topological polar surface area (TPSA) is 95.5 Å². The molecule has 0 radical (unpaired) electrons. The van der Waals surface area contributed by atoms with E-state index in [9.17, 15) is 14.4 Å². The van der Waals surface area contributed by atoms with Gasteiger partial charge in [0.05, 0.1) is 20.0 Å². The third kappa shape index (κ3) is 4.02. The van der Waals surface area contributed by atoms with Gasteiger partial charge >= 0.3 is 11.9 Å². The molecule has 0 atom stereocenters. The Morgan fingerprint density at radius 3 is 2.37 bits per heavy atom. The highest BCUT2D eigenvalue weighted by atomic mass is 32.2. The lowest BCUT2D eigenvalue weighted by Gasteiger charge is -2.06. The minimum absolute atomic E-state index is 0.0778. The highest BCUT2D eigenvalue weighted by Crippen LogP contribution is 2.13. The average Bonchev–Trinajstić information content (AvgIpc) is 2.43. The molecule has 0 fully saturated rings. The first-order chi connectivity index (χ1) is 8.99. The van der Waals surface area contributed by atoms with Gasteiger partial charge in [-0.3, -0.25) is 4.79 Å². The minimum atomic E-state index is -0.767. The summed E-state index contributed by atoms with van der Waals surface area (Å²) in [5, 5.41) is -0.0970. The summed E-state index contributed by atoms with van der Waals surface area (Å²) in [5.74, 6) is -1.03. The number of hydrogen-bond donors (Lipinski definition) is 0. The Hall–Kier alpha value is -1.96. The van der Waals surface area contributed by atoms with Gasteiger partial charge in [-0.1, -0.05) is 11.8 Å². The molecule has 102 valence electrons. The normalized spacial score (nSPS) is 9.84. The van der Waals surface area contributed by atoms with E-state index in [0.717, 1.165) is 11.8 Å². The number of nitrogens with zero attached hydrogens (tertiary/aromatic N) is 2. The molecule has 0 amide bonds. The monoisotopic (exact) mass is 284 g/mol. The number of rotatable bonds is 4. The minimum Gasteiger partial charge on any atom is -0.465 e. The molecule has 0 aliphatic rings. The second kappa shape index (κ2) is 6.83. The van der Waals surface area contributed by atoms with Crippen LogP contribution in [0.1, 0.15) is 33.6 Å². The Labute approximate surface area is 113 Å². The van der Waals surface area contributed by atoms with Gasteiger partial charge < -0.3 is 9.47 Å². The third-order valence-corrected chi connectivity index (χ3v) is 2.84. The van der Waals surface area contributed by atoms with Gasteiger partial charge in [0.2, 0.25) is 0 Å². The SMILES string of the molecule is COC(=O)c1cnc(CSC(C)=O)nc1C(=O)OC. The maximum atomic E-state index is 11.6. The van der Waals surface area contributed by atoms with E-state index >= 15 is 0 Å². The van der Waals surface area contributed by atoms with Crippen molar-refractivity contribution >= 4 is 28.8 Å². The van der Waals surface area contributed by atoms with Crippen LogP contribution in [-0.4, -0.2) is 41.2 Å². The van der Waals surface area contributed by atoms with Gasteiger partial charge in [-0.2, -0.15) is 0 Å². The first-order valence-electron chi connectivity index (χ1n) is 5.15. The molecule has 0 aromatic carbocycles. The molecule has 0 aliphatic heterocycles. The van der Waals surface area contributed by atoms with Crippen LogP contribution in [0.4, 0.5) is 0 Å². The van der Waals surface area contributed by atoms with Gasteiger partial charge in [-0.15, -0.1) is 0 Å². The predicted molar refractivity (Wildman–Crippen MR) is 66.7 cm³/mol. The fourth-order valence-corrected chi connectivity index (χ4v) is 1.64. The molecule has 19 heavy (non-hydrogen) atoms. The van der Waals surface area contributed by atoms with Crippen molar-refractivity contribution in [2.45, 2.75) is 12.7 Å². The van der Waals surface area contributed by atoms with E-state index in [4.69, 9.17) is 0 Å². The van der Waals surface area contributed by atoms with Crippen LogP contribution in [0.3, 0.4) is 0 Å². The molecule has 7 nitrogen and oxygen atoms in total. The van der Waals surface area contributed by atoms with Crippen LogP contribution in [0.2, 0.25) is 0 Å². The van der Waals surface area contributed by atoms with Crippen LogP contribution in [0, 0.1) is 0 Å². The Bertz CT molecular complexity index is 518. The van der Waals surface area contributed by atoms with Crippen molar-refractivity contribution in [1.29, 1.82) is 0 Å². The van der Waals surface area contributed by atoms with Crippen LogP contribution in [0.5, 0.6) is 0 Å². The second-order valence-corrected chi connectivity index (χ2v) is 4.46. The molecule has 0 bridgehead atoms. The number of carbonyl (C=O) groups excluding carboxylic acids is 3. The number of aromatic nitrogens is 2. The maximum Gasteiger partial charge on any atom is 0.357 e. The molecule has 1 aromatic heterocycles. The van der Waals surface area contributed by atoms with Crippen molar-refractivity contribution in [3.8, 4) is 0 Å². The zero-order valence-electron chi connectivity index (χ0n) is 10.6. The van der Waals surface area contributed by atoms with E-state index in [1.807, 2.05) is 0 Å². The van der Waals surface area contributed by atoms with Crippen molar-refractivity contribution < 1.29 is 23.9 Å². The summed E-state index contributed by atoms with van der Waals surface area (Å²) in [6.45, 7) is 1.41. The first kappa shape index (κ1) is 15.1. The Kier molecular flexibility index (Phi) is 5.43. The van der Waals surface area contributed by atoms with Crippen LogP contribution in [0.25, 0.3) is 0 Å². The van der Waals surface area contributed by atoms with Gasteiger partial charge in [0, 0.05) is 13.1 Å². The van der Waals surface area contributed by atoms with E-state index in [2.05, 4.69) is 19.4 Å². The van der Waals surface area contributed by atoms with E-state index < -0.39 is 11.9 Å². The summed E-state index contributed by atoms with van der Waals surface area (Å²) in [6.07, 6.45) is 1.18. The van der Waals surface area contributed by atoms with Gasteiger partial charge in [0.25, 0.3) is 0 Å². The number of thioether (sulfide) groups is 1. The molecule has 1 rings (SSSR count). The summed E-state index contributed by atoms with van der Waals surface area (Å²) < 4.78 is 9.07. The van der Waals surface area contributed by atoms with Crippen molar-refractivity contribution in [3.05, 3.63) is 23.3 Å². The summed E-state index contributed by atoms with van der Waals surface area (Å²) in [6, 6.07) is 0. The van der Waals surface area contributed by atoms with Crippen LogP contribution in [0.15, 0.2) is 6.20 Å². The van der Waals surface area contributed by atoms with Crippen LogP contribution in [-0.2, 0) is 20.0 Å². The van der Waals surface area contributed by atoms with Gasteiger partial charge in [-0.05, 0) is 0 Å². The number of hydrogen-bond acceptors (Lipinski definition) is 8. The molecule has 0 N–H and O–H groups in total. The molecular weight excluding hydrogens is 272 g/mol. The van der Waals surface area contributed by atoms with E-state index in [-0.39, 0.29) is 27.9 Å². The summed E-state index contributed by atoms with van der Waals surface area (Å²) in [4.78, 5) is 41.7. The predicted octanol–water partition coefficient (Wildman–Crippen LogP) is 0.829. The largest absolute Gasteiger partial charge is 0.465 e. The van der Waals surface area contributed by atoms with Gasteiger partial charge in [0.15, 0.2) is 10.8 Å². The molecule has 1 heterocycles. The average molecular weight is 284 g/mol. The number of methoxy groups -OCH3 is 2. The molecule has 0 unspecified atom stereocenters. The molecule has 1 aromatic rings. The fourth-order valence-electron chi connectivity index (χ4n) is 1.17. The summed E-state index contributed by atoms with van der Waals surface area (Å²) >= 11 is 1.00. The van der Waals surface area contributed by atoms with Crippen LogP contribution >= 0.6 is 11.8 Å². The smallest absolute Gasteiger partial charge is 0.357 e.